The van der Waals surface area contributed by atoms with Crippen molar-refractivity contribution in [2.75, 3.05) is 0 Å². The minimum Gasteiger partial charge on any atom is -0.406 e. The van der Waals surface area contributed by atoms with Crippen molar-refractivity contribution in [1.82, 2.24) is 15.3 Å². The summed E-state index contributed by atoms with van der Waals surface area (Å²) in [5, 5.41) is 13.0. The van der Waals surface area contributed by atoms with Crippen LogP contribution in [-0.2, 0) is 11.3 Å². The molecule has 2 aromatic carbocycles. The number of aliphatic hydroxyl groups excluding tert-OH is 1. The Labute approximate surface area is 170 Å². The average Bonchev–Trinajstić information content (AvgIpc) is 2.70. The van der Waals surface area contributed by atoms with Gasteiger partial charge in [0.05, 0.1) is 17.1 Å². The van der Waals surface area contributed by atoms with Gasteiger partial charge in [0.15, 0.2) is 0 Å². The molecule has 1 amide bonds. The Kier molecular flexibility index (Phi) is 6.02. The van der Waals surface area contributed by atoms with Crippen LogP contribution < -0.4 is 10.1 Å². The molecule has 1 heterocycles. The first-order valence-corrected chi connectivity index (χ1v) is 8.90. The highest BCUT2D eigenvalue weighted by Gasteiger charge is 2.31. The van der Waals surface area contributed by atoms with Crippen LogP contribution in [0.1, 0.15) is 24.2 Å². The molecule has 0 aliphatic heterocycles. The fourth-order valence-electron chi connectivity index (χ4n) is 3.13. The molecule has 156 valence electrons. The third-order valence-corrected chi connectivity index (χ3v) is 4.33. The number of hydrogen-bond donors (Lipinski definition) is 2. The Morgan fingerprint density at radius 1 is 1.23 bits per heavy atom. The van der Waals surface area contributed by atoms with Crippen LogP contribution in [0.2, 0.25) is 0 Å². The Morgan fingerprint density at radius 2 is 1.87 bits per heavy atom. The van der Waals surface area contributed by atoms with Crippen molar-refractivity contribution in [2.24, 2.45) is 0 Å². The van der Waals surface area contributed by atoms with Gasteiger partial charge in [0.25, 0.3) is 0 Å². The van der Waals surface area contributed by atoms with Crippen molar-refractivity contribution in [3.05, 3.63) is 66.5 Å². The van der Waals surface area contributed by atoms with E-state index in [4.69, 9.17) is 0 Å². The number of aromatic nitrogens is 2. The van der Waals surface area contributed by atoms with Crippen molar-refractivity contribution in [1.29, 1.82) is 0 Å². The van der Waals surface area contributed by atoms with E-state index in [1.807, 2.05) is 0 Å². The number of benzene rings is 2. The van der Waals surface area contributed by atoms with Gasteiger partial charge >= 0.3 is 6.36 Å². The Morgan fingerprint density at radius 3 is 2.43 bits per heavy atom. The van der Waals surface area contributed by atoms with Gasteiger partial charge in [-0.1, -0.05) is 18.7 Å². The lowest BCUT2D eigenvalue weighted by Gasteiger charge is -2.18. The van der Waals surface area contributed by atoms with E-state index in [9.17, 15) is 23.1 Å². The first-order valence-electron chi connectivity index (χ1n) is 8.90. The minimum atomic E-state index is -4.78. The second kappa shape index (κ2) is 8.50. The van der Waals surface area contributed by atoms with Gasteiger partial charge in [0.2, 0.25) is 5.91 Å². The van der Waals surface area contributed by atoms with Crippen molar-refractivity contribution < 1.29 is 27.8 Å². The van der Waals surface area contributed by atoms with Gasteiger partial charge < -0.3 is 15.2 Å². The highest BCUT2D eigenvalue weighted by Crippen LogP contribution is 2.35. The number of carbonyl (C=O) groups excluding carboxylic acids is 1. The number of aliphatic hydroxyl groups is 1. The summed E-state index contributed by atoms with van der Waals surface area (Å²) in [5.74, 6) is -0.735. The SMILES string of the molecule is C=CC(=O)NCc1cc(-c2ccc(OC(F)(F)F)cc2)c2nccnc2c1C(C)O. The molecule has 1 aromatic heterocycles. The first kappa shape index (κ1) is 21.3. The molecular formula is C21H18F3N3O3. The molecule has 0 fully saturated rings. The molecule has 6 nitrogen and oxygen atoms in total. The van der Waals surface area contributed by atoms with Gasteiger partial charge in [-0.15, -0.1) is 13.2 Å². The first-order chi connectivity index (χ1) is 14.2. The Balaban J connectivity index is 2.13. The van der Waals surface area contributed by atoms with Gasteiger partial charge in [-0.2, -0.15) is 0 Å². The quantitative estimate of drug-likeness (QED) is 0.591. The topological polar surface area (TPSA) is 84.3 Å². The minimum absolute atomic E-state index is 0.0971. The molecule has 0 saturated heterocycles. The van der Waals surface area contributed by atoms with E-state index in [1.165, 1.54) is 36.7 Å². The van der Waals surface area contributed by atoms with E-state index in [-0.39, 0.29) is 18.2 Å². The molecule has 1 atom stereocenters. The highest BCUT2D eigenvalue weighted by molar-refractivity contribution is 5.95. The van der Waals surface area contributed by atoms with E-state index in [2.05, 4.69) is 26.6 Å². The average molecular weight is 417 g/mol. The summed E-state index contributed by atoms with van der Waals surface area (Å²) in [5.41, 5.74) is 3.16. The van der Waals surface area contributed by atoms with Gasteiger partial charge in [0, 0.05) is 30.1 Å². The van der Waals surface area contributed by atoms with Crippen LogP contribution in [0.3, 0.4) is 0 Å². The summed E-state index contributed by atoms with van der Waals surface area (Å²) in [6.45, 7) is 5.08. The number of nitrogens with zero attached hydrogens (tertiary/aromatic N) is 2. The van der Waals surface area contributed by atoms with Crippen molar-refractivity contribution in [2.45, 2.75) is 25.9 Å². The van der Waals surface area contributed by atoms with Crippen molar-refractivity contribution >= 4 is 16.9 Å². The van der Waals surface area contributed by atoms with Crippen LogP contribution >= 0.6 is 0 Å². The molecule has 0 spiro atoms. The lowest BCUT2D eigenvalue weighted by atomic mass is 9.94. The number of carbonyl (C=O) groups is 1. The summed E-state index contributed by atoms with van der Waals surface area (Å²) in [4.78, 5) is 20.3. The van der Waals surface area contributed by atoms with Crippen LogP contribution in [0, 0.1) is 0 Å². The monoisotopic (exact) mass is 417 g/mol. The fourth-order valence-corrected chi connectivity index (χ4v) is 3.13. The van der Waals surface area contributed by atoms with Crippen LogP contribution in [0.15, 0.2) is 55.4 Å². The third kappa shape index (κ3) is 4.74. The Bertz CT molecular complexity index is 1080. The molecular weight excluding hydrogens is 399 g/mol. The van der Waals surface area contributed by atoms with E-state index in [1.54, 1.807) is 13.0 Å². The van der Waals surface area contributed by atoms with E-state index < -0.39 is 12.5 Å². The highest BCUT2D eigenvalue weighted by atomic mass is 19.4. The number of ether oxygens (including phenoxy) is 1. The number of nitrogens with one attached hydrogen (secondary N) is 1. The van der Waals surface area contributed by atoms with Crippen LogP contribution in [0.4, 0.5) is 13.2 Å². The van der Waals surface area contributed by atoms with Crippen LogP contribution in [-0.4, -0.2) is 27.3 Å². The number of rotatable bonds is 6. The smallest absolute Gasteiger partial charge is 0.406 e. The Hall–Kier alpha value is -3.46. The molecule has 0 aliphatic rings. The second-order valence-electron chi connectivity index (χ2n) is 6.42. The molecule has 0 bridgehead atoms. The zero-order valence-corrected chi connectivity index (χ0v) is 15.9. The lowest BCUT2D eigenvalue weighted by molar-refractivity contribution is -0.274. The number of hydrogen-bond acceptors (Lipinski definition) is 5. The summed E-state index contributed by atoms with van der Waals surface area (Å²) in [6.07, 6.45) is -1.59. The fraction of sp³-hybridized carbons (Fsp3) is 0.190. The van der Waals surface area contributed by atoms with E-state index in [0.717, 1.165) is 6.08 Å². The van der Waals surface area contributed by atoms with Gasteiger partial charge in [-0.05, 0) is 42.3 Å². The zero-order valence-electron chi connectivity index (χ0n) is 15.9. The number of halogens is 3. The summed E-state index contributed by atoms with van der Waals surface area (Å²) < 4.78 is 41.2. The molecule has 1 unspecified atom stereocenters. The van der Waals surface area contributed by atoms with Crippen molar-refractivity contribution in [3.8, 4) is 16.9 Å². The molecule has 0 radical (unpaired) electrons. The van der Waals surface area contributed by atoms with Gasteiger partial charge in [-0.25, -0.2) is 0 Å². The maximum atomic E-state index is 12.4. The zero-order chi connectivity index (χ0) is 21.9. The van der Waals surface area contributed by atoms with Crippen LogP contribution in [0.5, 0.6) is 5.75 Å². The van der Waals surface area contributed by atoms with Crippen LogP contribution in [0.25, 0.3) is 22.2 Å². The number of fused-ring (bicyclic) bond motifs is 1. The molecule has 2 N–H and O–H groups in total. The lowest BCUT2D eigenvalue weighted by Crippen LogP contribution is -2.21. The summed E-state index contributed by atoms with van der Waals surface area (Å²) >= 11 is 0. The van der Waals surface area contributed by atoms with Gasteiger partial charge in [0.1, 0.15) is 5.75 Å². The molecule has 0 saturated carbocycles. The summed E-state index contributed by atoms with van der Waals surface area (Å²) in [7, 11) is 0. The third-order valence-electron chi connectivity index (χ3n) is 4.33. The molecule has 9 heteroatoms. The van der Waals surface area contributed by atoms with Crippen molar-refractivity contribution in [3.63, 3.8) is 0 Å². The summed E-state index contributed by atoms with van der Waals surface area (Å²) in [6, 6.07) is 7.07. The number of amides is 1. The normalized spacial score (nSPS) is 12.4. The van der Waals surface area contributed by atoms with E-state index in [0.29, 0.717) is 33.3 Å². The second-order valence-corrected chi connectivity index (χ2v) is 6.42. The predicted octanol–water partition coefficient (Wildman–Crippen LogP) is 4.05. The van der Waals surface area contributed by atoms with Gasteiger partial charge in [-0.3, -0.25) is 14.8 Å². The maximum Gasteiger partial charge on any atom is 0.573 e. The standard InChI is InChI=1S/C21H18F3N3O3/c1-3-17(29)27-11-14-10-16(13-4-6-15(7-5-13)30-21(22,23)24)19-20(18(14)12(2)28)26-9-8-25-19/h3-10,12,28H,1,11H2,2H3,(H,27,29). The largest absolute Gasteiger partial charge is 0.573 e. The van der Waals surface area contributed by atoms with E-state index >= 15 is 0 Å². The molecule has 0 aliphatic carbocycles. The number of alkyl halides is 3. The maximum absolute atomic E-state index is 12.4. The molecule has 3 aromatic rings. The predicted molar refractivity (Wildman–Crippen MR) is 104 cm³/mol. The molecule has 3 rings (SSSR count). The molecule has 30 heavy (non-hydrogen) atoms.